The number of rotatable bonds is 5. The summed E-state index contributed by atoms with van der Waals surface area (Å²) in [5, 5.41) is 12.3. The first-order valence-electron chi connectivity index (χ1n) is 4.89. The first kappa shape index (κ1) is 11.1. The molecule has 1 heterocycles. The van der Waals surface area contributed by atoms with Crippen LogP contribution < -0.4 is 5.32 Å². The van der Waals surface area contributed by atoms with E-state index in [1.54, 1.807) is 12.4 Å². The van der Waals surface area contributed by atoms with E-state index in [0.29, 0.717) is 0 Å². The monoisotopic (exact) mass is 194 g/mol. The highest BCUT2D eigenvalue weighted by atomic mass is 16.3. The van der Waals surface area contributed by atoms with E-state index in [1.165, 1.54) is 5.56 Å². The van der Waals surface area contributed by atoms with E-state index in [-0.39, 0.29) is 12.1 Å². The maximum Gasteiger partial charge on any atom is 0.0607 e. The lowest BCUT2D eigenvalue weighted by atomic mass is 10.1. The van der Waals surface area contributed by atoms with Gasteiger partial charge in [-0.25, -0.2) is 0 Å². The lowest BCUT2D eigenvalue weighted by Gasteiger charge is -2.23. The number of aromatic nitrogens is 1. The minimum atomic E-state index is -0.187. The summed E-state index contributed by atoms with van der Waals surface area (Å²) in [6.07, 6.45) is 4.56. The Labute approximate surface area is 85.2 Å². The first-order valence-corrected chi connectivity index (χ1v) is 4.89. The molecule has 0 amide bonds. The fourth-order valence-corrected chi connectivity index (χ4v) is 1.15. The average molecular weight is 194 g/mol. The Balaban J connectivity index is 2.29. The predicted octanol–water partition coefficient (Wildman–Crippen LogP) is 0.985. The van der Waals surface area contributed by atoms with E-state index in [9.17, 15) is 0 Å². The predicted molar refractivity (Wildman–Crippen MR) is 57.1 cm³/mol. The van der Waals surface area contributed by atoms with Crippen molar-refractivity contribution in [3.05, 3.63) is 30.1 Å². The highest BCUT2D eigenvalue weighted by molar-refractivity contribution is 5.09. The molecule has 1 aromatic heterocycles. The van der Waals surface area contributed by atoms with Gasteiger partial charge in [0.2, 0.25) is 0 Å². The van der Waals surface area contributed by atoms with Crippen molar-refractivity contribution in [2.45, 2.75) is 25.8 Å². The minimum Gasteiger partial charge on any atom is -0.394 e. The van der Waals surface area contributed by atoms with Gasteiger partial charge in [0.05, 0.1) is 6.61 Å². The number of hydrogen-bond acceptors (Lipinski definition) is 3. The molecule has 14 heavy (non-hydrogen) atoms. The molecule has 3 heteroatoms. The summed E-state index contributed by atoms with van der Waals surface area (Å²) in [6.45, 7) is 5.00. The molecule has 0 saturated carbocycles. The summed E-state index contributed by atoms with van der Waals surface area (Å²) in [4.78, 5) is 3.96. The molecule has 78 valence electrons. The van der Waals surface area contributed by atoms with Gasteiger partial charge in [-0.1, -0.05) is 0 Å². The highest BCUT2D eigenvalue weighted by Gasteiger charge is 2.13. The second-order valence-corrected chi connectivity index (χ2v) is 4.07. The van der Waals surface area contributed by atoms with E-state index in [0.717, 1.165) is 13.0 Å². The Kier molecular flexibility index (Phi) is 4.04. The van der Waals surface area contributed by atoms with Crippen molar-refractivity contribution in [1.82, 2.24) is 10.3 Å². The quantitative estimate of drug-likeness (QED) is 0.734. The Hall–Kier alpha value is -0.930. The van der Waals surface area contributed by atoms with E-state index in [2.05, 4.69) is 10.3 Å². The fraction of sp³-hybridized carbons (Fsp3) is 0.545. The van der Waals surface area contributed by atoms with Gasteiger partial charge in [0.1, 0.15) is 0 Å². The molecule has 0 aliphatic rings. The third-order valence-electron chi connectivity index (χ3n) is 2.16. The van der Waals surface area contributed by atoms with Crippen LogP contribution in [0.2, 0.25) is 0 Å². The Bertz CT molecular complexity index is 259. The molecule has 0 saturated heterocycles. The highest BCUT2D eigenvalue weighted by Crippen LogP contribution is 2.01. The van der Waals surface area contributed by atoms with Gasteiger partial charge >= 0.3 is 0 Å². The molecule has 0 spiro atoms. The van der Waals surface area contributed by atoms with Crippen LogP contribution in [0.1, 0.15) is 19.4 Å². The largest absolute Gasteiger partial charge is 0.394 e. The number of aliphatic hydroxyl groups excluding tert-OH is 1. The second-order valence-electron chi connectivity index (χ2n) is 4.07. The molecular formula is C11H18N2O. The summed E-state index contributed by atoms with van der Waals surface area (Å²) in [7, 11) is 0. The molecule has 2 N–H and O–H groups in total. The van der Waals surface area contributed by atoms with Crippen LogP contribution in [0.3, 0.4) is 0 Å². The summed E-state index contributed by atoms with van der Waals surface area (Å²) < 4.78 is 0. The molecule has 0 atom stereocenters. The van der Waals surface area contributed by atoms with Crippen LogP contribution >= 0.6 is 0 Å². The molecule has 0 aliphatic carbocycles. The first-order chi connectivity index (χ1) is 6.64. The van der Waals surface area contributed by atoms with Crippen LogP contribution in [0.4, 0.5) is 0 Å². The summed E-state index contributed by atoms with van der Waals surface area (Å²) >= 11 is 0. The standard InChI is InChI=1S/C11H18N2O/c1-11(2,9-14)13-8-5-10-3-6-12-7-4-10/h3-4,6-7,13-14H,5,8-9H2,1-2H3. The van der Waals surface area contributed by atoms with Crippen LogP contribution in [-0.2, 0) is 6.42 Å². The second kappa shape index (κ2) is 5.08. The number of aliphatic hydroxyl groups is 1. The molecule has 3 nitrogen and oxygen atoms in total. The Morgan fingerprint density at radius 3 is 2.57 bits per heavy atom. The molecule has 0 fully saturated rings. The van der Waals surface area contributed by atoms with Gasteiger partial charge in [-0.2, -0.15) is 0 Å². The average Bonchev–Trinajstić information content (AvgIpc) is 2.19. The van der Waals surface area contributed by atoms with Crippen LogP contribution in [0.15, 0.2) is 24.5 Å². The SMILES string of the molecule is CC(C)(CO)NCCc1ccncc1. The van der Waals surface area contributed by atoms with Crippen LogP contribution in [-0.4, -0.2) is 28.8 Å². The molecule has 0 aromatic carbocycles. The topological polar surface area (TPSA) is 45.1 Å². The summed E-state index contributed by atoms with van der Waals surface area (Å²) in [6, 6.07) is 4.02. The van der Waals surface area contributed by atoms with Crippen molar-refractivity contribution in [3.63, 3.8) is 0 Å². The van der Waals surface area contributed by atoms with E-state index >= 15 is 0 Å². The van der Waals surface area contributed by atoms with Gasteiger partial charge in [0.25, 0.3) is 0 Å². The van der Waals surface area contributed by atoms with Gasteiger partial charge in [0, 0.05) is 17.9 Å². The number of pyridine rings is 1. The zero-order chi connectivity index (χ0) is 10.4. The van der Waals surface area contributed by atoms with E-state index < -0.39 is 0 Å². The lowest BCUT2D eigenvalue weighted by Crippen LogP contribution is -2.43. The van der Waals surface area contributed by atoms with Crippen molar-refractivity contribution in [2.24, 2.45) is 0 Å². The van der Waals surface area contributed by atoms with Gasteiger partial charge in [-0.3, -0.25) is 4.98 Å². The van der Waals surface area contributed by atoms with Gasteiger partial charge in [-0.05, 0) is 44.5 Å². The lowest BCUT2D eigenvalue weighted by molar-refractivity contribution is 0.189. The van der Waals surface area contributed by atoms with Crippen LogP contribution in [0.5, 0.6) is 0 Å². The number of nitrogens with one attached hydrogen (secondary N) is 1. The Morgan fingerprint density at radius 2 is 2.00 bits per heavy atom. The van der Waals surface area contributed by atoms with Crippen molar-refractivity contribution < 1.29 is 5.11 Å². The van der Waals surface area contributed by atoms with Gasteiger partial charge < -0.3 is 10.4 Å². The molecule has 0 aliphatic heterocycles. The van der Waals surface area contributed by atoms with Gasteiger partial charge in [-0.15, -0.1) is 0 Å². The van der Waals surface area contributed by atoms with Crippen molar-refractivity contribution in [1.29, 1.82) is 0 Å². The van der Waals surface area contributed by atoms with Crippen molar-refractivity contribution in [2.75, 3.05) is 13.2 Å². The summed E-state index contributed by atoms with van der Waals surface area (Å²) in [5.74, 6) is 0. The number of nitrogens with zero attached hydrogens (tertiary/aromatic N) is 1. The zero-order valence-corrected chi connectivity index (χ0v) is 8.83. The smallest absolute Gasteiger partial charge is 0.0607 e. The third kappa shape index (κ3) is 3.85. The normalized spacial score (nSPS) is 11.6. The maximum atomic E-state index is 9.02. The zero-order valence-electron chi connectivity index (χ0n) is 8.83. The Morgan fingerprint density at radius 1 is 1.36 bits per heavy atom. The van der Waals surface area contributed by atoms with Crippen molar-refractivity contribution in [3.8, 4) is 0 Å². The molecular weight excluding hydrogens is 176 g/mol. The third-order valence-corrected chi connectivity index (χ3v) is 2.16. The molecule has 1 aromatic rings. The molecule has 1 rings (SSSR count). The maximum absolute atomic E-state index is 9.02. The molecule has 0 bridgehead atoms. The van der Waals surface area contributed by atoms with E-state index in [4.69, 9.17) is 5.11 Å². The van der Waals surface area contributed by atoms with Gasteiger partial charge in [0.15, 0.2) is 0 Å². The molecule has 0 radical (unpaired) electrons. The van der Waals surface area contributed by atoms with Crippen molar-refractivity contribution >= 4 is 0 Å². The summed E-state index contributed by atoms with van der Waals surface area (Å²) in [5.41, 5.74) is 1.08. The van der Waals surface area contributed by atoms with E-state index in [1.807, 2.05) is 26.0 Å². The minimum absolute atomic E-state index is 0.156. The van der Waals surface area contributed by atoms with Crippen LogP contribution in [0, 0.1) is 0 Å². The van der Waals surface area contributed by atoms with Crippen LogP contribution in [0.25, 0.3) is 0 Å². The fourth-order valence-electron chi connectivity index (χ4n) is 1.15. The molecule has 0 unspecified atom stereocenters. The number of hydrogen-bond donors (Lipinski definition) is 2.